The third kappa shape index (κ3) is 6.44. The van der Waals surface area contributed by atoms with Crippen LogP contribution in [-0.2, 0) is 4.74 Å². The Balaban J connectivity index is 2.19. The molecule has 2 rings (SSSR count). The van der Waals surface area contributed by atoms with Crippen molar-refractivity contribution in [1.82, 2.24) is 4.90 Å². The molecular weight excluding hydrogens is 413 g/mol. The average Bonchev–Trinajstić information content (AvgIpc) is 2.68. The number of unbranched alkanes of at least 4 members (excludes halogenated alkanes) is 3. The number of morpholine rings is 1. The van der Waals surface area contributed by atoms with Crippen LogP contribution in [0.3, 0.4) is 0 Å². The van der Waals surface area contributed by atoms with Gasteiger partial charge in [0.05, 0.1) is 0 Å². The fourth-order valence-corrected chi connectivity index (χ4v) is 23.3. The van der Waals surface area contributed by atoms with Gasteiger partial charge < -0.3 is 0 Å². The zero-order valence-corrected chi connectivity index (χ0v) is 20.2. The van der Waals surface area contributed by atoms with E-state index in [0.29, 0.717) is 0 Å². The molecule has 0 N–H and O–H groups in total. The van der Waals surface area contributed by atoms with Crippen molar-refractivity contribution in [2.24, 2.45) is 0 Å². The Hall–Kier alpha value is 0.299. The molecular formula is C22H43NOSn. The first-order valence-corrected chi connectivity index (χ1v) is 19.0. The van der Waals surface area contributed by atoms with Crippen molar-refractivity contribution in [3.05, 3.63) is 11.8 Å². The summed E-state index contributed by atoms with van der Waals surface area (Å²) in [6.07, 6.45) is 15.8. The Bertz CT molecular complexity index is 368. The average molecular weight is 456 g/mol. The summed E-state index contributed by atoms with van der Waals surface area (Å²) in [5.41, 5.74) is 1.70. The van der Waals surface area contributed by atoms with Crippen LogP contribution in [0.2, 0.25) is 17.2 Å². The fourth-order valence-electron chi connectivity index (χ4n) is 5.02. The third-order valence-electron chi connectivity index (χ3n) is 6.63. The van der Waals surface area contributed by atoms with Gasteiger partial charge in [-0.2, -0.15) is 0 Å². The molecule has 0 amide bonds. The maximum atomic E-state index is 5.59. The summed E-state index contributed by atoms with van der Waals surface area (Å²) in [4.78, 5) is 2.66. The van der Waals surface area contributed by atoms with Gasteiger partial charge in [0.2, 0.25) is 0 Å². The van der Waals surface area contributed by atoms with Crippen molar-refractivity contribution in [2.75, 3.05) is 26.3 Å². The predicted octanol–water partition coefficient (Wildman–Crippen LogP) is 6.61. The standard InChI is InChI=1S/C10H16NO.3C4H9.Sn/c1-2-4-10(5-3-1)11-6-8-12-9-7-11;3*1-3-4-2;/h2,4H,1,3,5-9H2;3*1,3-4H2,2H3;. The summed E-state index contributed by atoms with van der Waals surface area (Å²) in [6.45, 7) is 11.3. The second-order valence-electron chi connectivity index (χ2n) is 8.43. The molecule has 0 aromatic rings. The molecule has 25 heavy (non-hydrogen) atoms. The number of ether oxygens (including phenoxy) is 1. The van der Waals surface area contributed by atoms with Crippen LogP contribution in [0, 0.1) is 0 Å². The topological polar surface area (TPSA) is 12.5 Å². The van der Waals surface area contributed by atoms with E-state index in [-0.39, 0.29) is 0 Å². The van der Waals surface area contributed by atoms with E-state index in [1.165, 1.54) is 57.8 Å². The summed E-state index contributed by atoms with van der Waals surface area (Å²) in [7, 11) is 0. The van der Waals surface area contributed by atoms with Crippen LogP contribution in [0.15, 0.2) is 11.8 Å². The minimum atomic E-state index is -2.10. The van der Waals surface area contributed by atoms with E-state index in [9.17, 15) is 0 Å². The number of nitrogens with zero attached hydrogens (tertiary/aromatic N) is 1. The molecule has 0 aromatic heterocycles. The van der Waals surface area contributed by atoms with E-state index in [1.54, 1.807) is 19.0 Å². The Labute approximate surface area is 161 Å². The van der Waals surface area contributed by atoms with Gasteiger partial charge in [-0.05, 0) is 0 Å². The molecule has 1 unspecified atom stereocenters. The first kappa shape index (κ1) is 21.6. The molecule has 0 aromatic carbocycles. The van der Waals surface area contributed by atoms with Crippen molar-refractivity contribution in [3.8, 4) is 0 Å². The van der Waals surface area contributed by atoms with Crippen molar-refractivity contribution in [1.29, 1.82) is 0 Å². The molecule has 1 aliphatic heterocycles. The van der Waals surface area contributed by atoms with Gasteiger partial charge in [0.25, 0.3) is 0 Å². The summed E-state index contributed by atoms with van der Waals surface area (Å²) in [6, 6.07) is 0. The molecule has 1 saturated heterocycles. The number of hydrogen-bond donors (Lipinski definition) is 0. The monoisotopic (exact) mass is 457 g/mol. The summed E-state index contributed by atoms with van der Waals surface area (Å²) in [5, 5.41) is 0. The Morgan fingerprint density at radius 1 is 0.960 bits per heavy atom. The molecule has 2 aliphatic rings. The van der Waals surface area contributed by atoms with Crippen LogP contribution in [0.4, 0.5) is 0 Å². The van der Waals surface area contributed by atoms with Gasteiger partial charge in [0, 0.05) is 0 Å². The molecule has 0 saturated carbocycles. The quantitative estimate of drug-likeness (QED) is 0.325. The number of allylic oxidation sites excluding steroid dienone is 2. The Morgan fingerprint density at radius 3 is 2.04 bits per heavy atom. The van der Waals surface area contributed by atoms with Crippen LogP contribution in [-0.4, -0.2) is 49.6 Å². The predicted molar refractivity (Wildman–Crippen MR) is 113 cm³/mol. The van der Waals surface area contributed by atoms with E-state index in [0.717, 1.165) is 30.2 Å². The second kappa shape index (κ2) is 11.9. The molecule has 0 bridgehead atoms. The number of rotatable bonds is 11. The molecule has 1 aliphatic carbocycles. The first-order valence-electron chi connectivity index (χ1n) is 11.3. The van der Waals surface area contributed by atoms with Crippen molar-refractivity contribution >= 4 is 18.4 Å². The van der Waals surface area contributed by atoms with Crippen LogP contribution in [0.1, 0.15) is 78.6 Å². The van der Waals surface area contributed by atoms with Crippen LogP contribution < -0.4 is 0 Å². The van der Waals surface area contributed by atoms with Gasteiger partial charge in [0.15, 0.2) is 0 Å². The van der Waals surface area contributed by atoms with E-state index in [1.807, 2.05) is 0 Å². The van der Waals surface area contributed by atoms with Crippen LogP contribution >= 0.6 is 0 Å². The first-order chi connectivity index (χ1) is 12.3. The zero-order chi connectivity index (χ0) is 18.0. The molecule has 1 fully saturated rings. The van der Waals surface area contributed by atoms with Crippen molar-refractivity contribution in [3.63, 3.8) is 0 Å². The molecule has 146 valence electrons. The van der Waals surface area contributed by atoms with Gasteiger partial charge in [-0.1, -0.05) is 0 Å². The van der Waals surface area contributed by atoms with E-state index >= 15 is 0 Å². The van der Waals surface area contributed by atoms with Gasteiger partial charge in [-0.3, -0.25) is 0 Å². The zero-order valence-electron chi connectivity index (χ0n) is 17.3. The van der Waals surface area contributed by atoms with Crippen molar-refractivity contribution in [2.45, 2.75) is 95.8 Å². The molecule has 1 atom stereocenters. The van der Waals surface area contributed by atoms with Gasteiger partial charge in [0.1, 0.15) is 0 Å². The normalized spacial score (nSPS) is 22.1. The maximum absolute atomic E-state index is 5.59. The number of hydrogen-bond acceptors (Lipinski definition) is 2. The Morgan fingerprint density at radius 2 is 1.52 bits per heavy atom. The van der Waals surface area contributed by atoms with Crippen LogP contribution in [0.25, 0.3) is 0 Å². The summed E-state index contributed by atoms with van der Waals surface area (Å²) >= 11 is -2.10. The van der Waals surface area contributed by atoms with Gasteiger partial charge >= 0.3 is 162 Å². The molecule has 0 spiro atoms. The van der Waals surface area contributed by atoms with Gasteiger partial charge in [-0.15, -0.1) is 0 Å². The molecule has 1 heterocycles. The van der Waals surface area contributed by atoms with E-state index < -0.39 is 18.4 Å². The Kier molecular flexibility index (Phi) is 10.3. The second-order valence-corrected chi connectivity index (χ2v) is 22.6. The third-order valence-corrected chi connectivity index (χ3v) is 24.0. The van der Waals surface area contributed by atoms with E-state index in [4.69, 9.17) is 4.74 Å². The fraction of sp³-hybridized carbons (Fsp3) is 0.909. The summed E-state index contributed by atoms with van der Waals surface area (Å²) in [5.74, 6) is 0. The van der Waals surface area contributed by atoms with Crippen LogP contribution in [0.5, 0.6) is 0 Å². The van der Waals surface area contributed by atoms with E-state index in [2.05, 4.69) is 31.7 Å². The molecule has 0 radical (unpaired) electrons. The minimum absolute atomic E-state index is 0.929. The molecule has 2 nitrogen and oxygen atoms in total. The summed E-state index contributed by atoms with van der Waals surface area (Å²) < 4.78 is 11.6. The SMILES string of the molecule is CCC[CH2][Sn]([CH2]CCC)([CH2]CCC)[CH]1C=C(N2CCOCC2)CCC1. The van der Waals surface area contributed by atoms with Gasteiger partial charge in [-0.25, -0.2) is 0 Å². The molecule has 3 heteroatoms. The van der Waals surface area contributed by atoms with Crippen molar-refractivity contribution < 1.29 is 4.74 Å².